The average molecular weight is 368 g/mol. The van der Waals surface area contributed by atoms with Crippen LogP contribution in [0.5, 0.6) is 0 Å². The summed E-state index contributed by atoms with van der Waals surface area (Å²) in [5.74, 6) is -0.559. The van der Waals surface area contributed by atoms with Crippen molar-refractivity contribution in [3.63, 3.8) is 0 Å². The van der Waals surface area contributed by atoms with Crippen LogP contribution in [0, 0.1) is 0 Å². The number of anilines is 1. The first-order chi connectivity index (χ1) is 11.8. The Morgan fingerprint density at radius 3 is 2.52 bits per heavy atom. The van der Waals surface area contributed by atoms with E-state index in [1.165, 1.54) is 38.2 Å². The Balaban J connectivity index is 1.97. The first kappa shape index (κ1) is 19.4. The quantitative estimate of drug-likeness (QED) is 0.662. The Morgan fingerprint density at radius 2 is 1.96 bits per heavy atom. The lowest BCUT2D eigenvalue weighted by Gasteiger charge is -2.25. The number of nitrogens with one attached hydrogen (secondary N) is 3. The van der Waals surface area contributed by atoms with E-state index in [0.717, 1.165) is 23.7 Å². The molecule has 9 heteroatoms. The van der Waals surface area contributed by atoms with Crippen LogP contribution in [0.2, 0.25) is 0 Å². The number of likely N-dealkylation sites (N-methyl/N-ethyl adjacent to an activating group) is 1. The summed E-state index contributed by atoms with van der Waals surface area (Å²) in [6, 6.07) is 5.86. The second-order valence-corrected chi connectivity index (χ2v) is 8.12. The normalized spacial score (nSPS) is 18.0. The molecule has 1 aromatic rings. The lowest BCUT2D eigenvalue weighted by Crippen LogP contribution is -2.48. The zero-order chi connectivity index (χ0) is 18.4. The zero-order valence-corrected chi connectivity index (χ0v) is 15.2. The molecule has 1 saturated heterocycles. The van der Waals surface area contributed by atoms with Gasteiger partial charge in [-0.15, -0.1) is 0 Å². The molecule has 0 spiro atoms. The van der Waals surface area contributed by atoms with Gasteiger partial charge >= 0.3 is 0 Å². The SMILES string of the molecule is CC(=O)Nc1ccc(S(=O)(=O)N(C)CC(=O)N[C@H]2CCCNC2)cc1. The summed E-state index contributed by atoms with van der Waals surface area (Å²) in [5.41, 5.74) is 0.511. The largest absolute Gasteiger partial charge is 0.351 e. The fourth-order valence-electron chi connectivity index (χ4n) is 2.63. The van der Waals surface area contributed by atoms with Crippen molar-refractivity contribution < 1.29 is 18.0 Å². The van der Waals surface area contributed by atoms with Crippen molar-refractivity contribution in [1.82, 2.24) is 14.9 Å². The van der Waals surface area contributed by atoms with Crippen molar-refractivity contribution in [2.75, 3.05) is 32.0 Å². The maximum Gasteiger partial charge on any atom is 0.243 e. The number of carbonyl (C=O) groups excluding carboxylic acids is 2. The molecule has 3 N–H and O–H groups in total. The van der Waals surface area contributed by atoms with Gasteiger partial charge in [-0.2, -0.15) is 4.31 Å². The molecule has 0 bridgehead atoms. The van der Waals surface area contributed by atoms with E-state index in [0.29, 0.717) is 12.2 Å². The lowest BCUT2D eigenvalue weighted by atomic mass is 10.1. The van der Waals surface area contributed by atoms with Crippen molar-refractivity contribution in [2.45, 2.75) is 30.7 Å². The van der Waals surface area contributed by atoms with Crippen LogP contribution < -0.4 is 16.0 Å². The summed E-state index contributed by atoms with van der Waals surface area (Å²) in [5, 5.41) is 8.61. The molecule has 0 aliphatic carbocycles. The van der Waals surface area contributed by atoms with E-state index in [1.54, 1.807) is 0 Å². The van der Waals surface area contributed by atoms with Gasteiger partial charge in [0, 0.05) is 32.2 Å². The first-order valence-electron chi connectivity index (χ1n) is 8.13. The zero-order valence-electron chi connectivity index (χ0n) is 14.4. The monoisotopic (exact) mass is 368 g/mol. The molecule has 25 heavy (non-hydrogen) atoms. The topological polar surface area (TPSA) is 108 Å². The van der Waals surface area contributed by atoms with Crippen molar-refractivity contribution in [2.24, 2.45) is 0 Å². The molecule has 0 aromatic heterocycles. The minimum atomic E-state index is -3.78. The number of nitrogens with zero attached hydrogens (tertiary/aromatic N) is 1. The van der Waals surface area contributed by atoms with E-state index >= 15 is 0 Å². The minimum Gasteiger partial charge on any atom is -0.351 e. The number of carbonyl (C=O) groups is 2. The Bertz CT molecular complexity index is 712. The van der Waals surface area contributed by atoms with Crippen LogP contribution in [0.3, 0.4) is 0 Å². The van der Waals surface area contributed by atoms with Crippen LogP contribution in [-0.4, -0.2) is 57.3 Å². The molecule has 138 valence electrons. The van der Waals surface area contributed by atoms with Gasteiger partial charge in [0.15, 0.2) is 0 Å². The molecule has 1 heterocycles. The van der Waals surface area contributed by atoms with Gasteiger partial charge in [0.1, 0.15) is 0 Å². The van der Waals surface area contributed by atoms with Gasteiger partial charge in [-0.1, -0.05) is 0 Å². The van der Waals surface area contributed by atoms with Crippen molar-refractivity contribution in [3.05, 3.63) is 24.3 Å². The van der Waals surface area contributed by atoms with Gasteiger partial charge in [0.25, 0.3) is 0 Å². The van der Waals surface area contributed by atoms with E-state index in [-0.39, 0.29) is 29.3 Å². The predicted octanol–water partition coefficient (Wildman–Crippen LogP) is 0.134. The molecular weight excluding hydrogens is 344 g/mol. The van der Waals surface area contributed by atoms with Crippen molar-refractivity contribution in [1.29, 1.82) is 0 Å². The van der Waals surface area contributed by atoms with E-state index in [2.05, 4.69) is 16.0 Å². The number of hydrogen-bond acceptors (Lipinski definition) is 5. The Labute approximate surface area is 148 Å². The second-order valence-electron chi connectivity index (χ2n) is 6.08. The van der Waals surface area contributed by atoms with Gasteiger partial charge in [-0.05, 0) is 43.7 Å². The van der Waals surface area contributed by atoms with Crippen LogP contribution in [0.15, 0.2) is 29.2 Å². The molecule has 1 fully saturated rings. The lowest BCUT2D eigenvalue weighted by molar-refractivity contribution is -0.122. The second kappa shape index (κ2) is 8.41. The highest BCUT2D eigenvalue weighted by Crippen LogP contribution is 2.17. The Morgan fingerprint density at radius 1 is 1.28 bits per heavy atom. The van der Waals surface area contributed by atoms with E-state index in [9.17, 15) is 18.0 Å². The number of amides is 2. The van der Waals surface area contributed by atoms with Crippen molar-refractivity contribution in [3.8, 4) is 0 Å². The number of sulfonamides is 1. The maximum atomic E-state index is 12.5. The van der Waals surface area contributed by atoms with E-state index < -0.39 is 10.0 Å². The van der Waals surface area contributed by atoms with Crippen LogP contribution in [0.1, 0.15) is 19.8 Å². The fraction of sp³-hybridized carbons (Fsp3) is 0.500. The van der Waals surface area contributed by atoms with Gasteiger partial charge in [-0.25, -0.2) is 8.42 Å². The molecule has 2 rings (SSSR count). The van der Waals surface area contributed by atoms with Gasteiger partial charge < -0.3 is 16.0 Å². The fourth-order valence-corrected chi connectivity index (χ4v) is 3.76. The maximum absolute atomic E-state index is 12.5. The summed E-state index contributed by atoms with van der Waals surface area (Å²) < 4.78 is 26.1. The summed E-state index contributed by atoms with van der Waals surface area (Å²) in [7, 11) is -2.41. The Hall–Kier alpha value is -1.97. The van der Waals surface area contributed by atoms with Gasteiger partial charge in [-0.3, -0.25) is 9.59 Å². The third-order valence-corrected chi connectivity index (χ3v) is 5.73. The Kier molecular flexibility index (Phi) is 6.51. The minimum absolute atomic E-state index is 0.0364. The standard InChI is InChI=1S/C16H24N4O4S/c1-12(21)18-13-5-7-15(8-6-13)25(23,24)20(2)11-16(22)19-14-4-3-9-17-10-14/h5-8,14,17H,3-4,9-11H2,1-2H3,(H,18,21)(H,19,22)/t14-/m0/s1. The first-order valence-corrected chi connectivity index (χ1v) is 9.57. The molecule has 0 unspecified atom stereocenters. The molecule has 8 nitrogen and oxygen atoms in total. The van der Waals surface area contributed by atoms with Crippen LogP contribution >= 0.6 is 0 Å². The smallest absolute Gasteiger partial charge is 0.243 e. The predicted molar refractivity (Wildman–Crippen MR) is 94.6 cm³/mol. The number of hydrogen-bond donors (Lipinski definition) is 3. The van der Waals surface area contributed by atoms with Gasteiger partial charge in [0.2, 0.25) is 21.8 Å². The number of benzene rings is 1. The molecule has 1 aliphatic heterocycles. The summed E-state index contributed by atoms with van der Waals surface area (Å²) in [6.45, 7) is 2.77. The molecule has 1 aromatic carbocycles. The van der Waals surface area contributed by atoms with Crippen LogP contribution in [0.25, 0.3) is 0 Å². The summed E-state index contributed by atoms with van der Waals surface area (Å²) >= 11 is 0. The number of rotatable bonds is 6. The average Bonchev–Trinajstić information content (AvgIpc) is 2.55. The van der Waals surface area contributed by atoms with E-state index in [1.807, 2.05) is 0 Å². The van der Waals surface area contributed by atoms with Gasteiger partial charge in [0.05, 0.1) is 11.4 Å². The molecule has 0 saturated carbocycles. The molecular formula is C16H24N4O4S. The molecule has 2 amide bonds. The molecule has 0 radical (unpaired) electrons. The van der Waals surface area contributed by atoms with E-state index in [4.69, 9.17) is 0 Å². The molecule has 1 aliphatic rings. The highest BCUT2D eigenvalue weighted by molar-refractivity contribution is 7.89. The third-order valence-electron chi connectivity index (χ3n) is 3.91. The highest BCUT2D eigenvalue weighted by Gasteiger charge is 2.24. The van der Waals surface area contributed by atoms with Crippen LogP contribution in [-0.2, 0) is 19.6 Å². The molecule has 1 atom stereocenters. The summed E-state index contributed by atoms with van der Waals surface area (Å²) in [6.07, 6.45) is 1.87. The summed E-state index contributed by atoms with van der Waals surface area (Å²) in [4.78, 5) is 23.2. The van der Waals surface area contributed by atoms with Crippen LogP contribution in [0.4, 0.5) is 5.69 Å². The number of piperidine rings is 1. The third kappa shape index (κ3) is 5.52. The van der Waals surface area contributed by atoms with Crippen molar-refractivity contribution >= 4 is 27.5 Å². The highest BCUT2D eigenvalue weighted by atomic mass is 32.2.